The van der Waals surface area contributed by atoms with Crippen LogP contribution in [0, 0.1) is 11.3 Å². The molecule has 0 aliphatic heterocycles. The van der Waals surface area contributed by atoms with Crippen LogP contribution in [0.2, 0.25) is 0 Å². The Kier molecular flexibility index (Phi) is 2.06. The first-order chi connectivity index (χ1) is 6.19. The van der Waals surface area contributed by atoms with Crippen LogP contribution in [0.4, 0.5) is 0 Å². The summed E-state index contributed by atoms with van der Waals surface area (Å²) < 4.78 is 4.89. The first-order valence-corrected chi connectivity index (χ1v) is 5.03. The third-order valence-electron chi connectivity index (χ3n) is 3.76. The quantitative estimate of drug-likeness (QED) is 0.618. The lowest BCUT2D eigenvalue weighted by atomic mass is 9.80. The van der Waals surface area contributed by atoms with Crippen LogP contribution in [0.5, 0.6) is 0 Å². The summed E-state index contributed by atoms with van der Waals surface area (Å²) in [6.07, 6.45) is 5.15. The van der Waals surface area contributed by atoms with Crippen molar-refractivity contribution in [1.29, 1.82) is 0 Å². The average Bonchev–Trinajstić information content (AvgIpc) is 2.59. The molecular formula is C10H17NO2. The van der Waals surface area contributed by atoms with Crippen LogP contribution in [0.25, 0.3) is 0 Å². The van der Waals surface area contributed by atoms with Crippen molar-refractivity contribution < 1.29 is 9.53 Å². The Morgan fingerprint density at radius 1 is 1.62 bits per heavy atom. The Morgan fingerprint density at radius 2 is 2.38 bits per heavy atom. The number of carbonyl (C=O) groups is 1. The van der Waals surface area contributed by atoms with Crippen molar-refractivity contribution in [2.75, 3.05) is 7.11 Å². The summed E-state index contributed by atoms with van der Waals surface area (Å²) in [6.45, 7) is 0. The number of hydrogen-bond donors (Lipinski definition) is 1. The first-order valence-electron chi connectivity index (χ1n) is 5.03. The molecule has 2 saturated carbocycles. The number of ether oxygens (including phenoxy) is 1. The molecule has 3 atom stereocenters. The zero-order valence-corrected chi connectivity index (χ0v) is 8.08. The van der Waals surface area contributed by atoms with Crippen molar-refractivity contribution >= 4 is 5.97 Å². The van der Waals surface area contributed by atoms with E-state index in [4.69, 9.17) is 10.5 Å². The molecular weight excluding hydrogens is 166 g/mol. The van der Waals surface area contributed by atoms with Gasteiger partial charge in [-0.1, -0.05) is 6.42 Å². The van der Waals surface area contributed by atoms with Crippen molar-refractivity contribution in [2.45, 2.75) is 38.1 Å². The second-order valence-electron chi connectivity index (χ2n) is 4.44. The Hall–Kier alpha value is -0.570. The van der Waals surface area contributed by atoms with Gasteiger partial charge in [0.15, 0.2) is 0 Å². The van der Waals surface area contributed by atoms with E-state index in [-0.39, 0.29) is 17.4 Å². The third-order valence-corrected chi connectivity index (χ3v) is 3.76. The zero-order valence-electron chi connectivity index (χ0n) is 8.08. The fourth-order valence-electron chi connectivity index (χ4n) is 3.23. The highest BCUT2D eigenvalue weighted by Gasteiger charge is 2.54. The van der Waals surface area contributed by atoms with Crippen LogP contribution in [-0.4, -0.2) is 19.1 Å². The van der Waals surface area contributed by atoms with Gasteiger partial charge >= 0.3 is 5.97 Å². The monoisotopic (exact) mass is 183 g/mol. The van der Waals surface area contributed by atoms with E-state index in [1.165, 1.54) is 7.11 Å². The molecule has 13 heavy (non-hydrogen) atoms. The van der Waals surface area contributed by atoms with Crippen LogP contribution < -0.4 is 5.73 Å². The second-order valence-corrected chi connectivity index (χ2v) is 4.44. The van der Waals surface area contributed by atoms with Crippen molar-refractivity contribution in [3.05, 3.63) is 0 Å². The Balaban J connectivity index is 2.23. The summed E-state index contributed by atoms with van der Waals surface area (Å²) in [5.74, 6) is 0.470. The SMILES string of the molecule is COC(=O)[C@@]12CCC[C@@H]1C[C@@H](N)C2. The maximum atomic E-state index is 11.7. The number of esters is 1. The van der Waals surface area contributed by atoms with E-state index in [0.29, 0.717) is 5.92 Å². The van der Waals surface area contributed by atoms with Gasteiger partial charge in [0.25, 0.3) is 0 Å². The van der Waals surface area contributed by atoms with Gasteiger partial charge in [-0.25, -0.2) is 0 Å². The van der Waals surface area contributed by atoms with Crippen molar-refractivity contribution in [1.82, 2.24) is 0 Å². The molecule has 3 heteroatoms. The molecule has 0 unspecified atom stereocenters. The molecule has 2 aliphatic rings. The number of carbonyl (C=O) groups excluding carboxylic acids is 1. The maximum absolute atomic E-state index is 11.7. The number of hydrogen-bond acceptors (Lipinski definition) is 3. The van der Waals surface area contributed by atoms with Gasteiger partial charge < -0.3 is 10.5 Å². The van der Waals surface area contributed by atoms with Gasteiger partial charge in [0.1, 0.15) is 0 Å². The fourth-order valence-corrected chi connectivity index (χ4v) is 3.23. The van der Waals surface area contributed by atoms with E-state index < -0.39 is 0 Å². The van der Waals surface area contributed by atoms with Crippen LogP contribution >= 0.6 is 0 Å². The second kappa shape index (κ2) is 2.98. The highest BCUT2D eigenvalue weighted by atomic mass is 16.5. The molecule has 74 valence electrons. The number of fused-ring (bicyclic) bond motifs is 1. The highest BCUT2D eigenvalue weighted by Crippen LogP contribution is 2.54. The summed E-state index contributed by atoms with van der Waals surface area (Å²) >= 11 is 0. The summed E-state index contributed by atoms with van der Waals surface area (Å²) in [7, 11) is 1.48. The largest absolute Gasteiger partial charge is 0.469 e. The van der Waals surface area contributed by atoms with E-state index >= 15 is 0 Å². The van der Waals surface area contributed by atoms with Gasteiger partial charge in [-0.15, -0.1) is 0 Å². The Bertz CT molecular complexity index is 229. The predicted octanol–water partition coefficient (Wildman–Crippen LogP) is 1.07. The topological polar surface area (TPSA) is 52.3 Å². The van der Waals surface area contributed by atoms with Gasteiger partial charge in [0.2, 0.25) is 0 Å². The minimum atomic E-state index is -0.200. The molecule has 0 radical (unpaired) electrons. The molecule has 0 saturated heterocycles. The van der Waals surface area contributed by atoms with Crippen molar-refractivity contribution in [3.63, 3.8) is 0 Å². The first kappa shape index (κ1) is 9.00. The van der Waals surface area contributed by atoms with Crippen molar-refractivity contribution in [3.8, 4) is 0 Å². The normalized spacial score (nSPS) is 43.2. The molecule has 2 aliphatic carbocycles. The summed E-state index contributed by atoms with van der Waals surface area (Å²) in [5.41, 5.74) is 5.69. The van der Waals surface area contributed by atoms with Crippen LogP contribution in [0.15, 0.2) is 0 Å². The number of nitrogens with two attached hydrogens (primary N) is 1. The van der Waals surface area contributed by atoms with E-state index in [2.05, 4.69) is 0 Å². The van der Waals surface area contributed by atoms with E-state index in [1.807, 2.05) is 0 Å². The lowest BCUT2D eigenvalue weighted by Crippen LogP contribution is -2.32. The Morgan fingerprint density at radius 3 is 3.08 bits per heavy atom. The lowest BCUT2D eigenvalue weighted by molar-refractivity contribution is -0.154. The Labute approximate surface area is 78.6 Å². The molecule has 0 aromatic carbocycles. The molecule has 2 rings (SSSR count). The molecule has 0 aromatic heterocycles. The smallest absolute Gasteiger partial charge is 0.312 e. The van der Waals surface area contributed by atoms with Gasteiger partial charge in [0.05, 0.1) is 12.5 Å². The number of rotatable bonds is 1. The van der Waals surface area contributed by atoms with Gasteiger partial charge in [-0.05, 0) is 31.6 Å². The average molecular weight is 183 g/mol. The molecule has 0 spiro atoms. The zero-order chi connectivity index (χ0) is 9.47. The molecule has 3 nitrogen and oxygen atoms in total. The molecule has 0 amide bonds. The van der Waals surface area contributed by atoms with Gasteiger partial charge in [-0.3, -0.25) is 4.79 Å². The van der Waals surface area contributed by atoms with Crippen LogP contribution in [-0.2, 0) is 9.53 Å². The van der Waals surface area contributed by atoms with Crippen molar-refractivity contribution in [2.24, 2.45) is 17.1 Å². The fraction of sp³-hybridized carbons (Fsp3) is 0.900. The van der Waals surface area contributed by atoms with E-state index in [1.54, 1.807) is 0 Å². The highest BCUT2D eigenvalue weighted by molar-refractivity contribution is 5.78. The molecule has 0 heterocycles. The van der Waals surface area contributed by atoms with E-state index in [0.717, 1.165) is 32.1 Å². The minimum Gasteiger partial charge on any atom is -0.469 e. The lowest BCUT2D eigenvalue weighted by Gasteiger charge is -2.25. The predicted molar refractivity (Wildman–Crippen MR) is 49.0 cm³/mol. The van der Waals surface area contributed by atoms with E-state index in [9.17, 15) is 4.79 Å². The third kappa shape index (κ3) is 1.17. The summed E-state index contributed by atoms with van der Waals surface area (Å²) in [5, 5.41) is 0. The molecule has 2 fully saturated rings. The number of methoxy groups -OCH3 is 1. The maximum Gasteiger partial charge on any atom is 0.312 e. The molecule has 0 aromatic rings. The minimum absolute atomic E-state index is 0.0250. The molecule has 2 N–H and O–H groups in total. The van der Waals surface area contributed by atoms with Gasteiger partial charge in [-0.2, -0.15) is 0 Å². The van der Waals surface area contributed by atoms with Crippen LogP contribution in [0.1, 0.15) is 32.1 Å². The standard InChI is InChI=1S/C10H17NO2/c1-13-9(12)10-4-2-3-7(10)5-8(11)6-10/h7-8H,2-6,11H2,1H3/t7-,8-,10-/m1/s1. The van der Waals surface area contributed by atoms with Gasteiger partial charge in [0, 0.05) is 6.04 Å². The molecule has 0 bridgehead atoms. The van der Waals surface area contributed by atoms with Crippen LogP contribution in [0.3, 0.4) is 0 Å². The summed E-state index contributed by atoms with van der Waals surface area (Å²) in [6, 6.07) is 0.212. The summed E-state index contributed by atoms with van der Waals surface area (Å²) in [4.78, 5) is 11.7.